The molecule has 4 heteroatoms. The van der Waals surface area contributed by atoms with Crippen LogP contribution in [0.3, 0.4) is 0 Å². The molecule has 0 unspecified atom stereocenters. The first-order chi connectivity index (χ1) is 6.02. The lowest BCUT2D eigenvalue weighted by atomic mass is 10.4. The first-order valence-electron chi connectivity index (χ1n) is 3.70. The topological polar surface area (TPSA) is 54.4 Å². The van der Waals surface area contributed by atoms with Crippen molar-refractivity contribution in [3.63, 3.8) is 0 Å². The predicted octanol–water partition coefficient (Wildman–Crippen LogP) is 1.88. The van der Waals surface area contributed by atoms with E-state index >= 15 is 0 Å². The van der Waals surface area contributed by atoms with Gasteiger partial charge in [0.05, 0.1) is 10.3 Å². The van der Waals surface area contributed by atoms with Crippen LogP contribution in [-0.4, -0.2) is 13.5 Å². The van der Waals surface area contributed by atoms with E-state index in [2.05, 4.69) is 0 Å². The quantitative estimate of drug-likeness (QED) is 0.738. The van der Waals surface area contributed by atoms with Crippen LogP contribution in [0.2, 0.25) is 0 Å². The molecule has 0 fully saturated rings. The third-order valence-electron chi connectivity index (χ3n) is 1.40. The monoisotopic (exact) mass is 198 g/mol. The molecule has 0 heterocycles. The van der Waals surface area contributed by atoms with Crippen molar-refractivity contribution in [1.29, 1.82) is 0 Å². The molecule has 70 valence electrons. The summed E-state index contributed by atoms with van der Waals surface area (Å²) in [4.78, 5) is 0.184. The number of allylic oxidation sites excluding steroid dienone is 1. The van der Waals surface area contributed by atoms with Gasteiger partial charge in [-0.1, -0.05) is 18.2 Å². The van der Waals surface area contributed by atoms with Crippen molar-refractivity contribution in [3.05, 3.63) is 41.5 Å². The third kappa shape index (κ3) is 2.59. The Kier molecular flexibility index (Phi) is 2.72. The largest absolute Gasteiger partial charge is 0.512 e. The zero-order valence-electron chi connectivity index (χ0n) is 7.14. The number of benzene rings is 1. The van der Waals surface area contributed by atoms with Gasteiger partial charge < -0.3 is 5.11 Å². The minimum atomic E-state index is -3.47. The maximum atomic E-state index is 11.4. The van der Waals surface area contributed by atoms with Gasteiger partial charge in [0.1, 0.15) is 5.76 Å². The van der Waals surface area contributed by atoms with E-state index in [9.17, 15) is 8.42 Å². The SMILES string of the molecule is C/C(O)=C\S(=O)(=O)c1ccccc1. The zero-order chi connectivity index (χ0) is 9.90. The molecule has 0 aliphatic carbocycles. The van der Waals surface area contributed by atoms with Gasteiger partial charge in [0.25, 0.3) is 0 Å². The van der Waals surface area contributed by atoms with Gasteiger partial charge in [-0.2, -0.15) is 0 Å². The number of hydrogen-bond acceptors (Lipinski definition) is 3. The van der Waals surface area contributed by atoms with Crippen molar-refractivity contribution in [2.24, 2.45) is 0 Å². The lowest BCUT2D eigenvalue weighted by Crippen LogP contribution is -1.96. The van der Waals surface area contributed by atoms with Crippen LogP contribution >= 0.6 is 0 Å². The molecular weight excluding hydrogens is 188 g/mol. The van der Waals surface area contributed by atoms with Gasteiger partial charge in [-0.15, -0.1) is 0 Å². The van der Waals surface area contributed by atoms with Crippen LogP contribution in [0.25, 0.3) is 0 Å². The van der Waals surface area contributed by atoms with Gasteiger partial charge in [0.15, 0.2) is 0 Å². The fourth-order valence-corrected chi connectivity index (χ4v) is 2.02. The summed E-state index contributed by atoms with van der Waals surface area (Å²) in [5, 5.41) is 9.67. The molecule has 3 nitrogen and oxygen atoms in total. The maximum Gasteiger partial charge on any atom is 0.203 e. The zero-order valence-corrected chi connectivity index (χ0v) is 7.95. The number of rotatable bonds is 2. The van der Waals surface area contributed by atoms with Crippen LogP contribution in [0, 0.1) is 0 Å². The summed E-state index contributed by atoms with van der Waals surface area (Å²) >= 11 is 0. The lowest BCUT2D eigenvalue weighted by Gasteiger charge is -1.97. The minimum Gasteiger partial charge on any atom is -0.512 e. The van der Waals surface area contributed by atoms with Crippen molar-refractivity contribution < 1.29 is 13.5 Å². The minimum absolute atomic E-state index is 0.184. The van der Waals surface area contributed by atoms with Crippen molar-refractivity contribution in [3.8, 4) is 0 Å². The molecule has 0 aliphatic heterocycles. The fraction of sp³-hybridized carbons (Fsp3) is 0.111. The summed E-state index contributed by atoms with van der Waals surface area (Å²) in [6.45, 7) is 1.32. The normalized spacial score (nSPS) is 12.8. The second-order valence-corrected chi connectivity index (χ2v) is 4.41. The lowest BCUT2D eigenvalue weighted by molar-refractivity contribution is 0.415. The highest BCUT2D eigenvalue weighted by atomic mass is 32.2. The molecular formula is C9H10O3S. The van der Waals surface area contributed by atoms with E-state index in [0.717, 1.165) is 5.41 Å². The highest BCUT2D eigenvalue weighted by molar-refractivity contribution is 7.94. The third-order valence-corrected chi connectivity index (χ3v) is 2.98. The molecule has 1 aromatic rings. The average Bonchev–Trinajstić information content (AvgIpc) is 2.04. The Labute approximate surface area is 77.3 Å². The Bertz CT molecular complexity index is 400. The summed E-state index contributed by atoms with van der Waals surface area (Å²) in [6, 6.07) is 7.96. The van der Waals surface area contributed by atoms with Crippen molar-refractivity contribution in [1.82, 2.24) is 0 Å². The fourth-order valence-electron chi connectivity index (χ4n) is 0.903. The van der Waals surface area contributed by atoms with Crippen molar-refractivity contribution in [2.75, 3.05) is 0 Å². The summed E-state index contributed by atoms with van der Waals surface area (Å²) < 4.78 is 22.8. The summed E-state index contributed by atoms with van der Waals surface area (Å²) in [7, 11) is -3.47. The van der Waals surface area contributed by atoms with E-state index < -0.39 is 9.84 Å². The van der Waals surface area contributed by atoms with Gasteiger partial charge >= 0.3 is 0 Å². The van der Waals surface area contributed by atoms with Gasteiger partial charge in [-0.25, -0.2) is 8.42 Å². The number of aliphatic hydroxyl groups excluding tert-OH is 1. The molecule has 0 radical (unpaired) electrons. The summed E-state index contributed by atoms with van der Waals surface area (Å²) in [6.07, 6.45) is 0. The van der Waals surface area contributed by atoms with Crippen molar-refractivity contribution in [2.45, 2.75) is 11.8 Å². The number of aliphatic hydroxyl groups is 1. The van der Waals surface area contributed by atoms with Crippen LogP contribution in [0.15, 0.2) is 46.4 Å². The first-order valence-corrected chi connectivity index (χ1v) is 5.24. The first kappa shape index (κ1) is 9.80. The molecule has 1 N–H and O–H groups in total. The molecule has 1 aromatic carbocycles. The van der Waals surface area contributed by atoms with E-state index in [1.54, 1.807) is 18.2 Å². The standard InChI is InChI=1S/C9H10O3S/c1-8(10)7-13(11,12)9-5-3-2-4-6-9/h2-7,10H,1H3/b8-7+. The second-order valence-electron chi connectivity index (χ2n) is 2.62. The van der Waals surface area contributed by atoms with Crippen molar-refractivity contribution >= 4 is 9.84 Å². The Morgan fingerprint density at radius 3 is 2.31 bits per heavy atom. The molecule has 0 bridgehead atoms. The summed E-state index contributed by atoms with van der Waals surface area (Å²) in [5.41, 5.74) is 0. The molecule has 1 rings (SSSR count). The van der Waals surface area contributed by atoms with E-state index in [4.69, 9.17) is 5.11 Å². The summed E-state index contributed by atoms with van der Waals surface area (Å²) in [5.74, 6) is -0.219. The molecule has 0 spiro atoms. The molecule has 0 amide bonds. The maximum absolute atomic E-state index is 11.4. The number of hydrogen-bond donors (Lipinski definition) is 1. The Morgan fingerprint density at radius 1 is 1.31 bits per heavy atom. The highest BCUT2D eigenvalue weighted by Crippen LogP contribution is 2.11. The molecule has 0 saturated carbocycles. The molecule has 13 heavy (non-hydrogen) atoms. The van der Waals surface area contributed by atoms with E-state index in [0.29, 0.717) is 0 Å². The van der Waals surface area contributed by atoms with Crippen LogP contribution in [0.5, 0.6) is 0 Å². The Morgan fingerprint density at radius 2 is 1.85 bits per heavy atom. The van der Waals surface area contributed by atoms with Crippen LogP contribution < -0.4 is 0 Å². The van der Waals surface area contributed by atoms with Gasteiger partial charge in [-0.05, 0) is 19.1 Å². The average molecular weight is 198 g/mol. The van der Waals surface area contributed by atoms with Crippen LogP contribution in [0.1, 0.15) is 6.92 Å². The molecule has 0 aromatic heterocycles. The van der Waals surface area contributed by atoms with E-state index in [1.807, 2.05) is 0 Å². The van der Waals surface area contributed by atoms with Crippen LogP contribution in [-0.2, 0) is 9.84 Å². The second kappa shape index (κ2) is 3.62. The molecule has 0 atom stereocenters. The number of sulfone groups is 1. The van der Waals surface area contributed by atoms with Gasteiger partial charge in [-0.3, -0.25) is 0 Å². The Balaban J connectivity index is 3.18. The van der Waals surface area contributed by atoms with E-state index in [-0.39, 0.29) is 10.7 Å². The predicted molar refractivity (Wildman–Crippen MR) is 50.0 cm³/mol. The molecule has 0 aliphatic rings. The highest BCUT2D eigenvalue weighted by Gasteiger charge is 2.09. The van der Waals surface area contributed by atoms with Gasteiger partial charge in [0.2, 0.25) is 9.84 Å². The van der Waals surface area contributed by atoms with Crippen LogP contribution in [0.4, 0.5) is 0 Å². The molecule has 0 saturated heterocycles. The van der Waals surface area contributed by atoms with E-state index in [1.165, 1.54) is 19.1 Å². The Hall–Kier alpha value is -1.29. The van der Waals surface area contributed by atoms with Gasteiger partial charge in [0, 0.05) is 0 Å². The smallest absolute Gasteiger partial charge is 0.203 e.